The average molecular weight is 424 g/mol. The van der Waals surface area contributed by atoms with Crippen molar-refractivity contribution in [2.75, 3.05) is 31.6 Å². The molecule has 1 saturated carbocycles. The van der Waals surface area contributed by atoms with Crippen molar-refractivity contribution < 1.29 is 4.74 Å². The minimum absolute atomic E-state index is 0.442. The Bertz CT molecular complexity index is 1020. The van der Waals surface area contributed by atoms with Crippen LogP contribution in [0, 0.1) is 0 Å². The molecule has 2 aromatic heterocycles. The number of aromatic nitrogens is 3. The van der Waals surface area contributed by atoms with Crippen molar-refractivity contribution in [3.63, 3.8) is 0 Å². The van der Waals surface area contributed by atoms with E-state index in [0.717, 1.165) is 67.0 Å². The molecule has 5 rings (SSSR count). The maximum absolute atomic E-state index is 6.13. The molecule has 156 valence electrons. The van der Waals surface area contributed by atoms with Gasteiger partial charge in [0.2, 0.25) is 0 Å². The lowest BCUT2D eigenvalue weighted by Gasteiger charge is -2.39. The predicted molar refractivity (Wildman–Crippen MR) is 120 cm³/mol. The molecule has 1 saturated heterocycles. The number of anilines is 1. The summed E-state index contributed by atoms with van der Waals surface area (Å²) in [5.74, 6) is 0.909. The quantitative estimate of drug-likeness (QED) is 0.671. The van der Waals surface area contributed by atoms with E-state index in [0.29, 0.717) is 17.1 Å². The van der Waals surface area contributed by atoms with Gasteiger partial charge in [0, 0.05) is 48.5 Å². The van der Waals surface area contributed by atoms with E-state index < -0.39 is 0 Å². The van der Waals surface area contributed by atoms with Gasteiger partial charge in [-0.25, -0.2) is 9.97 Å². The maximum atomic E-state index is 6.13. The molecule has 3 heterocycles. The molecule has 1 aliphatic carbocycles. The Hall–Kier alpha value is -2.28. The molecule has 30 heavy (non-hydrogen) atoms. The van der Waals surface area contributed by atoms with Crippen molar-refractivity contribution in [2.24, 2.45) is 0 Å². The standard InChI is InChI=1S/C23H26ClN5O/c24-18-11-17(13-25-14-18)16-1-6-22-21(12-16)23(27-15-26-22)28-19-2-4-20(5-3-19)29-7-9-30-10-8-29/h1,6,11-15,19-20H,2-5,7-10H2,(H,26,27,28). The minimum atomic E-state index is 0.442. The molecule has 0 radical (unpaired) electrons. The zero-order valence-corrected chi connectivity index (χ0v) is 17.7. The molecule has 1 aliphatic heterocycles. The molecule has 0 atom stereocenters. The first kappa shape index (κ1) is 19.7. The number of nitrogens with one attached hydrogen (secondary N) is 1. The second kappa shape index (κ2) is 8.84. The molecular weight excluding hydrogens is 398 g/mol. The Morgan fingerprint density at radius 1 is 0.967 bits per heavy atom. The van der Waals surface area contributed by atoms with E-state index in [-0.39, 0.29) is 0 Å². The van der Waals surface area contributed by atoms with Crippen LogP contribution in [0.2, 0.25) is 5.02 Å². The molecule has 1 aromatic carbocycles. The first-order valence-electron chi connectivity index (χ1n) is 10.7. The Labute approximate surface area is 181 Å². The highest BCUT2D eigenvalue weighted by molar-refractivity contribution is 6.30. The van der Waals surface area contributed by atoms with Crippen molar-refractivity contribution in [3.8, 4) is 11.1 Å². The summed E-state index contributed by atoms with van der Waals surface area (Å²) >= 11 is 6.13. The number of morpholine rings is 1. The Morgan fingerprint density at radius 2 is 1.80 bits per heavy atom. The SMILES string of the molecule is Clc1cncc(-c2ccc3ncnc(NC4CCC(N5CCOCC5)CC4)c3c2)c1. The van der Waals surface area contributed by atoms with E-state index in [1.165, 1.54) is 12.8 Å². The van der Waals surface area contributed by atoms with Gasteiger partial charge in [-0.1, -0.05) is 17.7 Å². The fourth-order valence-corrected chi connectivity index (χ4v) is 4.82. The van der Waals surface area contributed by atoms with E-state index in [9.17, 15) is 0 Å². The van der Waals surface area contributed by atoms with Crippen molar-refractivity contribution in [1.82, 2.24) is 19.9 Å². The molecule has 0 spiro atoms. The number of fused-ring (bicyclic) bond motifs is 1. The Kier molecular flexibility index (Phi) is 5.79. The molecule has 1 N–H and O–H groups in total. The lowest BCUT2D eigenvalue weighted by molar-refractivity contribution is 0.00791. The summed E-state index contributed by atoms with van der Waals surface area (Å²) in [6.07, 6.45) is 9.88. The van der Waals surface area contributed by atoms with Gasteiger partial charge in [-0.3, -0.25) is 9.88 Å². The summed E-state index contributed by atoms with van der Waals surface area (Å²) in [6.45, 7) is 3.88. The van der Waals surface area contributed by atoms with E-state index in [4.69, 9.17) is 16.3 Å². The zero-order chi connectivity index (χ0) is 20.3. The molecule has 2 aliphatic rings. The third-order valence-electron chi connectivity index (χ3n) is 6.27. The molecule has 6 nitrogen and oxygen atoms in total. The monoisotopic (exact) mass is 423 g/mol. The van der Waals surface area contributed by atoms with E-state index >= 15 is 0 Å². The van der Waals surface area contributed by atoms with E-state index in [1.807, 2.05) is 18.3 Å². The average Bonchev–Trinajstić information content (AvgIpc) is 2.80. The van der Waals surface area contributed by atoms with Crippen LogP contribution in [-0.4, -0.2) is 58.2 Å². The largest absolute Gasteiger partial charge is 0.379 e. The van der Waals surface area contributed by atoms with Crippen LogP contribution in [0.15, 0.2) is 43.0 Å². The van der Waals surface area contributed by atoms with Crippen LogP contribution in [0.4, 0.5) is 5.82 Å². The van der Waals surface area contributed by atoms with Crippen LogP contribution in [0.5, 0.6) is 0 Å². The van der Waals surface area contributed by atoms with Crippen LogP contribution in [-0.2, 0) is 4.74 Å². The molecule has 2 fully saturated rings. The Morgan fingerprint density at radius 3 is 2.60 bits per heavy atom. The van der Waals surface area contributed by atoms with Crippen LogP contribution in [0.1, 0.15) is 25.7 Å². The normalized spacial score (nSPS) is 22.8. The van der Waals surface area contributed by atoms with Gasteiger partial charge in [0.15, 0.2) is 0 Å². The van der Waals surface area contributed by atoms with Gasteiger partial charge in [-0.05, 0) is 49.4 Å². The van der Waals surface area contributed by atoms with Crippen molar-refractivity contribution in [2.45, 2.75) is 37.8 Å². The second-order valence-electron chi connectivity index (χ2n) is 8.14. The molecule has 3 aromatic rings. The van der Waals surface area contributed by atoms with E-state index in [2.05, 4.69) is 37.3 Å². The summed E-state index contributed by atoms with van der Waals surface area (Å²) in [6, 6.07) is 9.28. The molecule has 0 amide bonds. The number of ether oxygens (including phenoxy) is 1. The lowest BCUT2D eigenvalue weighted by atomic mass is 9.90. The highest BCUT2D eigenvalue weighted by Gasteiger charge is 2.27. The summed E-state index contributed by atoms with van der Waals surface area (Å²) < 4.78 is 5.50. The highest BCUT2D eigenvalue weighted by Crippen LogP contribution is 2.30. The fourth-order valence-electron chi connectivity index (χ4n) is 4.64. The van der Waals surface area contributed by atoms with Crippen molar-refractivity contribution >= 4 is 28.3 Å². The number of halogens is 1. The van der Waals surface area contributed by atoms with Crippen LogP contribution >= 0.6 is 11.6 Å². The highest BCUT2D eigenvalue weighted by atomic mass is 35.5. The van der Waals surface area contributed by atoms with Crippen molar-refractivity contribution in [3.05, 3.63) is 48.0 Å². The molecule has 0 bridgehead atoms. The third kappa shape index (κ3) is 4.26. The van der Waals surface area contributed by atoms with Gasteiger partial charge in [0.1, 0.15) is 12.1 Å². The number of benzene rings is 1. The number of hydrogen-bond donors (Lipinski definition) is 1. The predicted octanol–water partition coefficient (Wildman–Crippen LogP) is 4.40. The van der Waals surface area contributed by atoms with Gasteiger partial charge in [0.25, 0.3) is 0 Å². The molecule has 7 heteroatoms. The van der Waals surface area contributed by atoms with Gasteiger partial charge in [-0.2, -0.15) is 0 Å². The summed E-state index contributed by atoms with van der Waals surface area (Å²) in [5.41, 5.74) is 2.99. The third-order valence-corrected chi connectivity index (χ3v) is 6.48. The zero-order valence-electron chi connectivity index (χ0n) is 16.9. The topological polar surface area (TPSA) is 63.2 Å². The lowest BCUT2D eigenvalue weighted by Crippen LogP contribution is -2.46. The number of pyridine rings is 1. The van der Waals surface area contributed by atoms with Crippen LogP contribution in [0.25, 0.3) is 22.0 Å². The minimum Gasteiger partial charge on any atom is -0.379 e. The van der Waals surface area contributed by atoms with Crippen LogP contribution < -0.4 is 5.32 Å². The van der Waals surface area contributed by atoms with E-state index in [1.54, 1.807) is 12.5 Å². The molecular formula is C23H26ClN5O. The first-order valence-corrected chi connectivity index (χ1v) is 11.1. The summed E-state index contributed by atoms with van der Waals surface area (Å²) in [7, 11) is 0. The smallest absolute Gasteiger partial charge is 0.137 e. The van der Waals surface area contributed by atoms with Crippen LogP contribution in [0.3, 0.4) is 0 Å². The maximum Gasteiger partial charge on any atom is 0.137 e. The summed E-state index contributed by atoms with van der Waals surface area (Å²) in [5, 5.41) is 5.37. The number of rotatable bonds is 4. The molecule has 0 unspecified atom stereocenters. The van der Waals surface area contributed by atoms with Gasteiger partial charge < -0.3 is 10.1 Å². The number of hydrogen-bond acceptors (Lipinski definition) is 6. The van der Waals surface area contributed by atoms with Crippen molar-refractivity contribution in [1.29, 1.82) is 0 Å². The van der Waals surface area contributed by atoms with Gasteiger partial charge >= 0.3 is 0 Å². The fraction of sp³-hybridized carbons (Fsp3) is 0.435. The first-order chi connectivity index (χ1) is 14.8. The number of nitrogens with zero attached hydrogens (tertiary/aromatic N) is 4. The van der Waals surface area contributed by atoms with Gasteiger partial charge in [-0.15, -0.1) is 0 Å². The second-order valence-corrected chi connectivity index (χ2v) is 8.58. The van der Waals surface area contributed by atoms with Gasteiger partial charge in [0.05, 0.1) is 23.8 Å². The Balaban J connectivity index is 1.32. The summed E-state index contributed by atoms with van der Waals surface area (Å²) in [4.78, 5) is 15.8.